The Labute approximate surface area is 737 Å². The van der Waals surface area contributed by atoms with Crippen molar-refractivity contribution in [3.8, 4) is 34.5 Å². The number of piperazine rings is 3. The van der Waals surface area contributed by atoms with E-state index in [1.54, 1.807) is 66.6 Å². The molecule has 7 heterocycles. The number of halogens is 1. The fourth-order valence-electron chi connectivity index (χ4n) is 18.7. The molecule has 9 aromatic carbocycles. The van der Waals surface area contributed by atoms with Crippen molar-refractivity contribution in [2.45, 2.75) is 117 Å². The van der Waals surface area contributed by atoms with Crippen LogP contribution in [0.5, 0.6) is 34.5 Å². The van der Waals surface area contributed by atoms with Crippen LogP contribution in [0.1, 0.15) is 160 Å². The van der Waals surface area contributed by atoms with Crippen LogP contribution in [0.2, 0.25) is 0 Å². The second kappa shape index (κ2) is 42.6. The van der Waals surface area contributed by atoms with E-state index in [-0.39, 0.29) is 47.6 Å². The molecular weight excluding hydrogens is 1570 g/mol. The molecule has 3 saturated heterocycles. The molecular formula is C102H123FN12O10. The van der Waals surface area contributed by atoms with Gasteiger partial charge in [0.05, 0.1) is 66.3 Å². The summed E-state index contributed by atoms with van der Waals surface area (Å²) in [5.74, 6) is 4.71. The second-order valence-corrected chi connectivity index (χ2v) is 32.9. The fraction of sp³-hybridized carbons (Fsp3) is 0.402. The van der Waals surface area contributed by atoms with E-state index in [1.165, 1.54) is 29.1 Å². The smallest absolute Gasteiger partial charge is 0.255 e. The van der Waals surface area contributed by atoms with Gasteiger partial charge in [-0.15, -0.1) is 0 Å². The minimum atomic E-state index is -0.302. The zero-order valence-electron chi connectivity index (χ0n) is 74.5. The van der Waals surface area contributed by atoms with Gasteiger partial charge in [-0.25, -0.2) is 9.37 Å². The summed E-state index contributed by atoms with van der Waals surface area (Å²) in [5.41, 5.74) is 15.6. The van der Waals surface area contributed by atoms with Crippen molar-refractivity contribution < 1.29 is 52.0 Å². The molecule has 0 saturated carbocycles. The first-order valence-corrected chi connectivity index (χ1v) is 44.5. The summed E-state index contributed by atoms with van der Waals surface area (Å²) in [6, 6.07) is 65.1. The zero-order chi connectivity index (χ0) is 87.5. The third-order valence-corrected chi connectivity index (χ3v) is 25.9. The predicted octanol–water partition coefficient (Wildman–Crippen LogP) is 17.1. The number of nitrogens with one attached hydrogen (secondary N) is 1. The summed E-state index contributed by atoms with van der Waals surface area (Å²) < 4.78 is 46.8. The van der Waals surface area contributed by atoms with E-state index in [4.69, 9.17) is 33.4 Å². The monoisotopic (exact) mass is 1690 g/mol. The van der Waals surface area contributed by atoms with E-state index in [2.05, 4.69) is 133 Å². The molecule has 125 heavy (non-hydrogen) atoms. The van der Waals surface area contributed by atoms with Crippen molar-refractivity contribution in [1.29, 1.82) is 0 Å². The Kier molecular flexibility index (Phi) is 30.5. The summed E-state index contributed by atoms with van der Waals surface area (Å²) in [7, 11) is 9.82. The Bertz CT molecular complexity index is 5310. The number of aromatic nitrogens is 1. The molecule has 0 bridgehead atoms. The van der Waals surface area contributed by atoms with Crippen molar-refractivity contribution >= 4 is 57.4 Å². The normalized spacial score (nSPS) is 16.0. The van der Waals surface area contributed by atoms with Gasteiger partial charge in [0.2, 0.25) is 5.91 Å². The standard InChI is InChI=1S/C35H43FN4O4.C35H41N5O3.C32H39N3O3/c1-5-37-18-20-38(21-19-37)32-9-6-8-29-30(32)24-40(35(29)42)31(27-13-16-33(43-3)34(22-27)44-4)10-7-17-39(25(2)41)23-26-11-14-28(36)15-12-26;1-4-38-19-21-39(22-20-38)31-12-7-10-27-28(31)24-40(35(27)41)30(26-14-16-32(42-2)33(23-26)43-3)13-8-18-36-34-17-15-25-9-5-6-11-29(25)37-34;1-4-33-18-20-34(21-19-33)29-15-9-13-26-27(29)23-35(32(26)36)28(14-8-12-24-10-6-5-7-11-24)25-16-17-30(37-2)31(22-25)38-3/h6,8-9,11-16,22,31H,5,7,10,17-21,23-24H2,1-4H3;5-7,9-12,14-17,23,30H,4,8,13,18-22,24H2,1-3H3,(H,36,37);5-7,9-11,13,15-17,22,28H,4,8,12,14,18-21,23H2,1-3H3/t31-;30-;28-/m111/s1. The topological polar surface area (TPSA) is 181 Å². The van der Waals surface area contributed by atoms with Gasteiger partial charge in [0.1, 0.15) is 11.6 Å². The summed E-state index contributed by atoms with van der Waals surface area (Å²) >= 11 is 0. The molecule has 0 unspecified atom stereocenters. The molecule has 3 fully saturated rings. The molecule has 10 aromatic rings. The lowest BCUT2D eigenvalue weighted by Crippen LogP contribution is -2.46. The molecule has 3 atom stereocenters. The van der Waals surface area contributed by atoms with E-state index in [0.29, 0.717) is 80.1 Å². The van der Waals surface area contributed by atoms with Crippen LogP contribution in [-0.4, -0.2) is 217 Å². The van der Waals surface area contributed by atoms with Crippen LogP contribution >= 0.6 is 0 Å². The quantitative estimate of drug-likeness (QED) is 0.0383. The number of nitrogens with zero attached hydrogens (tertiary/aromatic N) is 11. The van der Waals surface area contributed by atoms with Crippen molar-refractivity contribution in [2.75, 3.05) is 174 Å². The van der Waals surface area contributed by atoms with Crippen LogP contribution in [0.25, 0.3) is 10.9 Å². The Hall–Kier alpha value is -11.9. The second-order valence-electron chi connectivity index (χ2n) is 32.9. The lowest BCUT2D eigenvalue weighted by Gasteiger charge is -2.36. The number of ether oxygens (including phenoxy) is 6. The molecule has 4 amide bonds. The Morgan fingerprint density at radius 3 is 1.21 bits per heavy atom. The number of rotatable bonds is 33. The van der Waals surface area contributed by atoms with E-state index in [9.17, 15) is 23.6 Å². The van der Waals surface area contributed by atoms with Crippen molar-refractivity contribution in [3.05, 3.63) is 267 Å². The Balaban J connectivity index is 0.000000153. The first-order chi connectivity index (χ1) is 61.0. The zero-order valence-corrected chi connectivity index (χ0v) is 74.5. The van der Waals surface area contributed by atoms with Gasteiger partial charge in [-0.3, -0.25) is 19.2 Å². The predicted molar refractivity (Wildman–Crippen MR) is 494 cm³/mol. The van der Waals surface area contributed by atoms with Crippen LogP contribution in [-0.2, 0) is 37.4 Å². The van der Waals surface area contributed by atoms with Crippen molar-refractivity contribution in [2.24, 2.45) is 0 Å². The van der Waals surface area contributed by atoms with E-state index in [1.807, 2.05) is 113 Å². The van der Waals surface area contributed by atoms with E-state index in [0.717, 1.165) is 215 Å². The number of pyridine rings is 1. The van der Waals surface area contributed by atoms with E-state index < -0.39 is 0 Å². The maximum absolute atomic E-state index is 14.0. The number of hydrogen-bond acceptors (Lipinski definition) is 18. The number of para-hydroxylation sites is 1. The molecule has 0 spiro atoms. The molecule has 16 rings (SSSR count). The summed E-state index contributed by atoms with van der Waals surface area (Å²) in [6.07, 6.45) is 5.80. The highest BCUT2D eigenvalue weighted by molar-refractivity contribution is 6.02. The van der Waals surface area contributed by atoms with Crippen LogP contribution in [0.4, 0.5) is 27.3 Å². The first kappa shape index (κ1) is 89.4. The van der Waals surface area contributed by atoms with Gasteiger partial charge >= 0.3 is 0 Å². The number of likely N-dealkylation sites (N-methyl/N-ethyl adjacent to an activating group) is 3. The Morgan fingerprint density at radius 2 is 0.808 bits per heavy atom. The van der Waals surface area contributed by atoms with Crippen molar-refractivity contribution in [1.82, 2.24) is 39.3 Å². The molecule has 658 valence electrons. The van der Waals surface area contributed by atoms with Gasteiger partial charge < -0.3 is 82.7 Å². The first-order valence-electron chi connectivity index (χ1n) is 44.5. The van der Waals surface area contributed by atoms with Gasteiger partial charge in [0, 0.05) is 181 Å². The minimum Gasteiger partial charge on any atom is -0.493 e. The molecule has 1 N–H and O–H groups in total. The number of hydrogen-bond donors (Lipinski definition) is 1. The number of amides is 4. The summed E-state index contributed by atoms with van der Waals surface area (Å²) in [4.78, 5) is 81.9. The number of benzene rings is 9. The molecule has 23 heteroatoms. The summed E-state index contributed by atoms with van der Waals surface area (Å²) in [5, 5.41) is 4.62. The molecule has 6 aliphatic heterocycles. The van der Waals surface area contributed by atoms with Crippen molar-refractivity contribution in [3.63, 3.8) is 0 Å². The number of aryl methyl sites for hydroxylation is 1. The molecule has 6 aliphatic rings. The molecule has 1 aromatic heterocycles. The van der Waals surface area contributed by atoms with Crippen LogP contribution in [0, 0.1) is 5.82 Å². The number of carbonyl (C=O) groups excluding carboxylic acids is 4. The number of methoxy groups -OCH3 is 6. The largest absolute Gasteiger partial charge is 0.493 e. The highest BCUT2D eigenvalue weighted by atomic mass is 19.1. The lowest BCUT2D eigenvalue weighted by atomic mass is 9.97. The average molecular weight is 1700 g/mol. The van der Waals surface area contributed by atoms with Crippen LogP contribution < -0.4 is 48.4 Å². The van der Waals surface area contributed by atoms with Gasteiger partial charge in [-0.1, -0.05) is 118 Å². The molecule has 22 nitrogen and oxygen atoms in total. The fourth-order valence-corrected chi connectivity index (χ4v) is 18.7. The average Bonchev–Trinajstić information content (AvgIpc) is 1.63. The third kappa shape index (κ3) is 21.0. The highest BCUT2D eigenvalue weighted by Crippen LogP contribution is 2.46. The number of carbonyl (C=O) groups is 4. The maximum Gasteiger partial charge on any atom is 0.255 e. The van der Waals surface area contributed by atoms with Gasteiger partial charge in [0.15, 0.2) is 34.5 Å². The van der Waals surface area contributed by atoms with Gasteiger partial charge in [-0.2, -0.15) is 0 Å². The lowest BCUT2D eigenvalue weighted by molar-refractivity contribution is -0.129. The summed E-state index contributed by atoms with van der Waals surface area (Å²) in [6.45, 7) is 26.9. The number of anilines is 4. The van der Waals surface area contributed by atoms with E-state index >= 15 is 0 Å². The Morgan fingerprint density at radius 1 is 0.416 bits per heavy atom. The van der Waals surface area contributed by atoms with Gasteiger partial charge in [0.25, 0.3) is 17.7 Å². The third-order valence-electron chi connectivity index (χ3n) is 25.9. The molecule has 0 aliphatic carbocycles. The van der Waals surface area contributed by atoms with Gasteiger partial charge in [-0.05, 0) is 196 Å². The number of fused-ring (bicyclic) bond motifs is 4. The highest BCUT2D eigenvalue weighted by Gasteiger charge is 2.41. The van der Waals surface area contributed by atoms with Crippen LogP contribution in [0.15, 0.2) is 200 Å². The molecule has 0 radical (unpaired) electrons. The maximum atomic E-state index is 14.0. The minimum absolute atomic E-state index is 0.0172. The SMILES string of the molecule is CCN1CCN(c2cccc3c2CN([C@H](CCCN(Cc2ccc(F)cc2)C(C)=O)c2ccc(OC)c(OC)c2)C3=O)CC1.CCN1CCN(c2cccc3c2CN([C@H](CCCNc2ccc4ccccc4n2)c2ccc(OC)c(OC)c2)C3=O)CC1.CCN1CCN(c2cccc3c2CN([C@H](CCCc2ccccc2)c2ccc(OC)c(OC)c2)C3=O)CC1. The van der Waals surface area contributed by atoms with Crippen LogP contribution in [0.3, 0.4) is 0 Å².